The fourth-order valence-corrected chi connectivity index (χ4v) is 0.977. The summed E-state index contributed by atoms with van der Waals surface area (Å²) in [6.45, 7) is -0.199. The van der Waals surface area contributed by atoms with Gasteiger partial charge in [0.25, 0.3) is 0 Å². The predicted octanol–water partition coefficient (Wildman–Crippen LogP) is 0.843. The topological polar surface area (TPSA) is 58.6 Å². The van der Waals surface area contributed by atoms with Gasteiger partial charge < -0.3 is 15.2 Å². The van der Waals surface area contributed by atoms with Gasteiger partial charge in [0.15, 0.2) is 0 Å². The maximum absolute atomic E-state index is 11.6. The van der Waals surface area contributed by atoms with Crippen LogP contribution in [0.4, 0.5) is 13.2 Å². The Kier molecular flexibility index (Phi) is 7.07. The minimum absolute atomic E-state index is 0.0298. The highest BCUT2D eigenvalue weighted by atomic mass is 19.4. The number of rotatable bonds is 7. The number of amides is 1. The van der Waals surface area contributed by atoms with E-state index in [4.69, 9.17) is 0 Å². The molecule has 0 spiro atoms. The van der Waals surface area contributed by atoms with Crippen molar-refractivity contribution in [3.63, 3.8) is 0 Å². The first-order valence-electron chi connectivity index (χ1n) is 4.94. The van der Waals surface area contributed by atoms with E-state index in [0.29, 0.717) is 6.42 Å². The Labute approximate surface area is 91.8 Å². The van der Waals surface area contributed by atoms with E-state index >= 15 is 0 Å². The third-order valence-corrected chi connectivity index (χ3v) is 1.66. The minimum Gasteiger partial charge on any atom is -0.391 e. The van der Waals surface area contributed by atoms with Gasteiger partial charge in [-0.3, -0.25) is 4.79 Å². The van der Waals surface area contributed by atoms with E-state index < -0.39 is 31.4 Å². The number of carbonyl (C=O) groups excluding carboxylic acids is 1. The van der Waals surface area contributed by atoms with Gasteiger partial charge in [0, 0.05) is 6.54 Å². The van der Waals surface area contributed by atoms with Crippen LogP contribution in [0.25, 0.3) is 0 Å². The number of nitrogens with one attached hydrogen (secondary N) is 1. The largest absolute Gasteiger partial charge is 0.411 e. The van der Waals surface area contributed by atoms with Crippen LogP contribution in [-0.2, 0) is 9.53 Å². The van der Waals surface area contributed by atoms with Crippen LogP contribution < -0.4 is 5.32 Å². The Morgan fingerprint density at radius 2 is 2.12 bits per heavy atom. The summed E-state index contributed by atoms with van der Waals surface area (Å²) in [6, 6.07) is 0. The Morgan fingerprint density at radius 1 is 1.50 bits per heavy atom. The number of hydrogen-bond acceptors (Lipinski definition) is 3. The molecule has 96 valence electrons. The van der Waals surface area contributed by atoms with Crippen molar-refractivity contribution in [2.75, 3.05) is 19.8 Å². The summed E-state index contributed by atoms with van der Waals surface area (Å²) in [4.78, 5) is 10.9. The lowest BCUT2D eigenvalue weighted by Crippen LogP contribution is -2.35. The lowest BCUT2D eigenvalue weighted by Gasteiger charge is -2.11. The second-order valence-corrected chi connectivity index (χ2v) is 3.35. The van der Waals surface area contributed by atoms with Crippen LogP contribution in [0.2, 0.25) is 0 Å². The fraction of sp³-hybridized carbons (Fsp3) is 0.889. The van der Waals surface area contributed by atoms with E-state index in [9.17, 15) is 23.1 Å². The summed E-state index contributed by atoms with van der Waals surface area (Å²) < 4.78 is 39.0. The second-order valence-electron chi connectivity index (χ2n) is 3.35. The van der Waals surface area contributed by atoms with E-state index in [1.165, 1.54) is 0 Å². The molecule has 1 atom stereocenters. The average molecular weight is 243 g/mol. The number of halogens is 3. The first kappa shape index (κ1) is 15.2. The molecule has 0 saturated carbocycles. The molecule has 0 bridgehead atoms. The zero-order chi connectivity index (χ0) is 12.6. The Bertz CT molecular complexity index is 209. The maximum atomic E-state index is 11.6. The maximum Gasteiger partial charge on any atom is 0.411 e. The van der Waals surface area contributed by atoms with E-state index in [2.05, 4.69) is 10.1 Å². The summed E-state index contributed by atoms with van der Waals surface area (Å²) in [5, 5.41) is 11.5. The molecule has 2 N–H and O–H groups in total. The third kappa shape index (κ3) is 9.72. The number of carbonyl (C=O) groups is 1. The van der Waals surface area contributed by atoms with Crippen molar-refractivity contribution < 1.29 is 27.8 Å². The van der Waals surface area contributed by atoms with Crippen molar-refractivity contribution in [1.82, 2.24) is 5.32 Å². The summed E-state index contributed by atoms with van der Waals surface area (Å²) in [7, 11) is 0. The van der Waals surface area contributed by atoms with E-state index in [0.717, 1.165) is 6.42 Å². The number of alkyl halides is 3. The van der Waals surface area contributed by atoms with E-state index in [1.54, 1.807) is 0 Å². The SMILES string of the molecule is CCCC(O)CNC(=O)COCC(F)(F)F. The quantitative estimate of drug-likeness (QED) is 0.696. The molecule has 0 aliphatic rings. The van der Waals surface area contributed by atoms with Crippen molar-refractivity contribution in [3.05, 3.63) is 0 Å². The highest BCUT2D eigenvalue weighted by Crippen LogP contribution is 2.13. The van der Waals surface area contributed by atoms with Gasteiger partial charge in [-0.2, -0.15) is 13.2 Å². The standard InChI is InChI=1S/C9H16F3NO3/c1-2-3-7(14)4-13-8(15)5-16-6-9(10,11)12/h7,14H,2-6H2,1H3,(H,13,15). The smallest absolute Gasteiger partial charge is 0.391 e. The van der Waals surface area contributed by atoms with Gasteiger partial charge in [-0.1, -0.05) is 13.3 Å². The van der Waals surface area contributed by atoms with Gasteiger partial charge in [0.2, 0.25) is 5.91 Å². The molecule has 16 heavy (non-hydrogen) atoms. The molecule has 0 rings (SSSR count). The molecule has 0 aromatic carbocycles. The van der Waals surface area contributed by atoms with Gasteiger partial charge >= 0.3 is 6.18 Å². The van der Waals surface area contributed by atoms with Crippen LogP contribution in [0.3, 0.4) is 0 Å². The molecule has 0 heterocycles. The molecule has 0 radical (unpaired) electrons. The summed E-state index contributed by atoms with van der Waals surface area (Å²) >= 11 is 0. The van der Waals surface area contributed by atoms with Crippen LogP contribution in [0.1, 0.15) is 19.8 Å². The van der Waals surface area contributed by atoms with Crippen molar-refractivity contribution in [3.8, 4) is 0 Å². The lowest BCUT2D eigenvalue weighted by atomic mass is 10.2. The van der Waals surface area contributed by atoms with Crippen LogP contribution >= 0.6 is 0 Å². The molecule has 0 saturated heterocycles. The van der Waals surface area contributed by atoms with Crippen LogP contribution in [0, 0.1) is 0 Å². The highest BCUT2D eigenvalue weighted by Gasteiger charge is 2.27. The van der Waals surface area contributed by atoms with Gasteiger partial charge in [0.05, 0.1) is 6.10 Å². The van der Waals surface area contributed by atoms with E-state index in [-0.39, 0.29) is 6.54 Å². The Morgan fingerprint density at radius 3 is 2.62 bits per heavy atom. The van der Waals surface area contributed by atoms with Crippen molar-refractivity contribution in [2.24, 2.45) is 0 Å². The molecule has 4 nitrogen and oxygen atoms in total. The minimum atomic E-state index is -4.43. The molecule has 0 aromatic rings. The molecular formula is C9H16F3NO3. The number of aliphatic hydroxyl groups is 1. The molecule has 0 aliphatic carbocycles. The second kappa shape index (κ2) is 7.45. The zero-order valence-electron chi connectivity index (χ0n) is 9.01. The van der Waals surface area contributed by atoms with Crippen LogP contribution in [0.15, 0.2) is 0 Å². The molecule has 0 fully saturated rings. The van der Waals surface area contributed by atoms with Crippen molar-refractivity contribution in [1.29, 1.82) is 0 Å². The average Bonchev–Trinajstić information content (AvgIpc) is 2.13. The van der Waals surface area contributed by atoms with Crippen LogP contribution in [0.5, 0.6) is 0 Å². The molecule has 0 aromatic heterocycles. The first-order chi connectivity index (χ1) is 7.35. The zero-order valence-corrected chi connectivity index (χ0v) is 9.01. The number of hydrogen-bond donors (Lipinski definition) is 2. The number of aliphatic hydroxyl groups excluding tert-OH is 1. The molecular weight excluding hydrogens is 227 g/mol. The van der Waals surface area contributed by atoms with Crippen molar-refractivity contribution >= 4 is 5.91 Å². The molecule has 7 heteroatoms. The predicted molar refractivity (Wildman–Crippen MR) is 50.8 cm³/mol. The first-order valence-corrected chi connectivity index (χ1v) is 4.94. The Balaban J connectivity index is 3.52. The van der Waals surface area contributed by atoms with Gasteiger partial charge in [0.1, 0.15) is 13.2 Å². The normalized spacial score (nSPS) is 13.6. The lowest BCUT2D eigenvalue weighted by molar-refractivity contribution is -0.175. The monoisotopic (exact) mass is 243 g/mol. The number of ether oxygens (including phenoxy) is 1. The summed E-state index contributed by atoms with van der Waals surface area (Å²) in [5.41, 5.74) is 0. The van der Waals surface area contributed by atoms with Crippen molar-refractivity contribution in [2.45, 2.75) is 32.0 Å². The van der Waals surface area contributed by atoms with Gasteiger partial charge in [-0.15, -0.1) is 0 Å². The third-order valence-electron chi connectivity index (χ3n) is 1.66. The fourth-order valence-electron chi connectivity index (χ4n) is 0.977. The molecule has 0 aliphatic heterocycles. The van der Waals surface area contributed by atoms with Crippen LogP contribution in [-0.4, -0.2) is 43.1 Å². The summed E-state index contributed by atoms with van der Waals surface area (Å²) in [6.07, 6.45) is -3.80. The van der Waals surface area contributed by atoms with Gasteiger partial charge in [-0.25, -0.2) is 0 Å². The molecule has 1 unspecified atom stereocenters. The summed E-state index contributed by atoms with van der Waals surface area (Å²) in [5.74, 6) is -0.667. The van der Waals surface area contributed by atoms with Gasteiger partial charge in [-0.05, 0) is 6.42 Å². The van der Waals surface area contributed by atoms with E-state index in [1.807, 2.05) is 6.92 Å². The highest BCUT2D eigenvalue weighted by molar-refractivity contribution is 5.77. The molecule has 1 amide bonds. The Hall–Kier alpha value is -0.820.